The SMILES string of the molecule is COc1cccc(Nc2c(C)c(Cl)nc3ncnn23)c1. The number of rotatable bonds is 3. The summed E-state index contributed by atoms with van der Waals surface area (Å²) in [6, 6.07) is 7.59. The molecule has 0 aliphatic heterocycles. The van der Waals surface area contributed by atoms with E-state index in [1.807, 2.05) is 31.2 Å². The van der Waals surface area contributed by atoms with Gasteiger partial charge in [-0.1, -0.05) is 17.7 Å². The molecule has 1 aromatic carbocycles. The summed E-state index contributed by atoms with van der Waals surface area (Å²) in [6.45, 7) is 1.87. The second-order valence-corrected chi connectivity index (χ2v) is 4.56. The Kier molecular flexibility index (Phi) is 3.15. The molecule has 1 N–H and O–H groups in total. The molecule has 3 aromatic rings. The van der Waals surface area contributed by atoms with Crippen LogP contribution in [0.5, 0.6) is 5.75 Å². The van der Waals surface area contributed by atoms with Crippen LogP contribution in [0.2, 0.25) is 5.15 Å². The highest BCUT2D eigenvalue weighted by Gasteiger charge is 2.12. The molecule has 2 heterocycles. The number of fused-ring (bicyclic) bond motifs is 1. The molecule has 20 heavy (non-hydrogen) atoms. The van der Waals surface area contributed by atoms with Crippen LogP contribution in [0.15, 0.2) is 30.6 Å². The summed E-state index contributed by atoms with van der Waals surface area (Å²) in [5.74, 6) is 1.94. The number of nitrogens with zero attached hydrogens (tertiary/aromatic N) is 4. The largest absolute Gasteiger partial charge is 0.497 e. The van der Waals surface area contributed by atoms with E-state index < -0.39 is 0 Å². The van der Waals surface area contributed by atoms with E-state index in [1.165, 1.54) is 6.33 Å². The zero-order valence-electron chi connectivity index (χ0n) is 11.0. The van der Waals surface area contributed by atoms with E-state index in [1.54, 1.807) is 11.6 Å². The Morgan fingerprint density at radius 3 is 3.00 bits per heavy atom. The number of hydrogen-bond donors (Lipinski definition) is 1. The first kappa shape index (κ1) is 12.7. The van der Waals surface area contributed by atoms with Crippen molar-refractivity contribution in [2.24, 2.45) is 0 Å². The lowest BCUT2D eigenvalue weighted by Crippen LogP contribution is -2.05. The third-order valence-electron chi connectivity index (χ3n) is 2.94. The van der Waals surface area contributed by atoms with E-state index in [-0.39, 0.29) is 0 Å². The standard InChI is InChI=1S/C13H12ClN5O/c1-8-11(14)18-13-15-7-16-19(13)12(8)17-9-4-3-5-10(6-9)20-2/h3-7,17H,1-2H3. The summed E-state index contributed by atoms with van der Waals surface area (Å²) in [7, 11) is 1.63. The summed E-state index contributed by atoms with van der Waals surface area (Å²) >= 11 is 6.12. The van der Waals surface area contributed by atoms with Gasteiger partial charge in [-0.05, 0) is 19.1 Å². The van der Waals surface area contributed by atoms with E-state index in [0.29, 0.717) is 10.9 Å². The topological polar surface area (TPSA) is 64.3 Å². The first-order chi connectivity index (χ1) is 9.69. The lowest BCUT2D eigenvalue weighted by molar-refractivity contribution is 0.415. The van der Waals surface area contributed by atoms with E-state index in [2.05, 4.69) is 20.4 Å². The van der Waals surface area contributed by atoms with Crippen molar-refractivity contribution in [3.8, 4) is 5.75 Å². The summed E-state index contributed by atoms with van der Waals surface area (Å²) in [4.78, 5) is 8.21. The van der Waals surface area contributed by atoms with E-state index >= 15 is 0 Å². The fraction of sp³-hybridized carbons (Fsp3) is 0.154. The zero-order valence-corrected chi connectivity index (χ0v) is 11.7. The fourth-order valence-corrected chi connectivity index (χ4v) is 2.05. The fourth-order valence-electron chi connectivity index (χ4n) is 1.88. The van der Waals surface area contributed by atoms with Crippen LogP contribution in [0.3, 0.4) is 0 Å². The van der Waals surface area contributed by atoms with Crippen LogP contribution in [0.4, 0.5) is 11.5 Å². The monoisotopic (exact) mass is 289 g/mol. The maximum atomic E-state index is 6.12. The second-order valence-electron chi connectivity index (χ2n) is 4.21. The lowest BCUT2D eigenvalue weighted by Gasteiger charge is -2.12. The van der Waals surface area contributed by atoms with Crippen LogP contribution in [-0.2, 0) is 0 Å². The molecule has 0 saturated carbocycles. The van der Waals surface area contributed by atoms with Crippen LogP contribution in [0.1, 0.15) is 5.56 Å². The molecule has 0 fully saturated rings. The van der Waals surface area contributed by atoms with Gasteiger partial charge in [0, 0.05) is 17.3 Å². The Bertz CT molecular complexity index is 771. The minimum absolute atomic E-state index is 0.399. The van der Waals surface area contributed by atoms with Gasteiger partial charge in [0.25, 0.3) is 5.78 Å². The number of nitrogens with one attached hydrogen (secondary N) is 1. The van der Waals surface area contributed by atoms with E-state index in [0.717, 1.165) is 22.8 Å². The van der Waals surface area contributed by atoms with Crippen LogP contribution < -0.4 is 10.1 Å². The highest BCUT2D eigenvalue weighted by Crippen LogP contribution is 2.26. The van der Waals surface area contributed by atoms with Crippen molar-refractivity contribution in [1.29, 1.82) is 0 Å². The van der Waals surface area contributed by atoms with Gasteiger partial charge >= 0.3 is 0 Å². The van der Waals surface area contributed by atoms with Crippen molar-refractivity contribution < 1.29 is 4.74 Å². The van der Waals surface area contributed by atoms with Crippen LogP contribution in [0.25, 0.3) is 5.78 Å². The summed E-state index contributed by atoms with van der Waals surface area (Å²) in [6.07, 6.45) is 1.44. The maximum absolute atomic E-state index is 6.12. The van der Waals surface area contributed by atoms with Gasteiger partial charge in [0.05, 0.1) is 7.11 Å². The van der Waals surface area contributed by atoms with E-state index in [4.69, 9.17) is 16.3 Å². The first-order valence-electron chi connectivity index (χ1n) is 5.96. The molecule has 7 heteroatoms. The number of anilines is 2. The molecule has 2 aromatic heterocycles. The zero-order chi connectivity index (χ0) is 14.1. The Morgan fingerprint density at radius 2 is 2.20 bits per heavy atom. The van der Waals surface area contributed by atoms with Crippen molar-refractivity contribution in [1.82, 2.24) is 19.6 Å². The molecule has 102 valence electrons. The van der Waals surface area contributed by atoms with Crippen molar-refractivity contribution in [2.75, 3.05) is 12.4 Å². The normalized spacial score (nSPS) is 10.8. The molecule has 3 rings (SSSR count). The highest BCUT2D eigenvalue weighted by atomic mass is 35.5. The molecule has 0 radical (unpaired) electrons. The van der Waals surface area contributed by atoms with Crippen LogP contribution in [-0.4, -0.2) is 26.7 Å². The van der Waals surface area contributed by atoms with Gasteiger partial charge in [0.1, 0.15) is 23.0 Å². The predicted octanol–water partition coefficient (Wildman–Crippen LogP) is 2.84. The molecule has 0 amide bonds. The van der Waals surface area contributed by atoms with Gasteiger partial charge in [-0.15, -0.1) is 0 Å². The molecule has 0 aliphatic carbocycles. The number of ether oxygens (including phenoxy) is 1. The lowest BCUT2D eigenvalue weighted by atomic mass is 10.3. The minimum atomic E-state index is 0.399. The average molecular weight is 290 g/mol. The third-order valence-corrected chi connectivity index (χ3v) is 3.30. The molecule has 0 spiro atoms. The number of methoxy groups -OCH3 is 1. The van der Waals surface area contributed by atoms with Gasteiger partial charge in [-0.2, -0.15) is 19.6 Å². The molecule has 0 atom stereocenters. The highest BCUT2D eigenvalue weighted by molar-refractivity contribution is 6.30. The molecule has 6 nitrogen and oxygen atoms in total. The Hall–Kier alpha value is -2.34. The Labute approximate surface area is 120 Å². The van der Waals surface area contributed by atoms with Gasteiger partial charge in [0.15, 0.2) is 0 Å². The molecule has 0 unspecified atom stereocenters. The molecular formula is C13H12ClN5O. The number of aromatic nitrogens is 4. The summed E-state index contributed by atoms with van der Waals surface area (Å²) in [5.41, 5.74) is 1.67. The average Bonchev–Trinajstić information content (AvgIpc) is 2.92. The van der Waals surface area contributed by atoms with Crippen molar-refractivity contribution >= 4 is 28.9 Å². The number of halogens is 1. The van der Waals surface area contributed by atoms with Gasteiger partial charge in [-0.3, -0.25) is 0 Å². The van der Waals surface area contributed by atoms with Gasteiger partial charge in [0.2, 0.25) is 0 Å². The summed E-state index contributed by atoms with van der Waals surface area (Å²) in [5, 5.41) is 7.82. The maximum Gasteiger partial charge on any atom is 0.255 e. The summed E-state index contributed by atoms with van der Waals surface area (Å²) < 4.78 is 6.82. The van der Waals surface area contributed by atoms with Crippen LogP contribution in [0, 0.1) is 6.92 Å². The molecule has 0 bridgehead atoms. The van der Waals surface area contributed by atoms with Gasteiger partial charge < -0.3 is 10.1 Å². The third kappa shape index (κ3) is 2.14. The van der Waals surface area contributed by atoms with Gasteiger partial charge in [-0.25, -0.2) is 0 Å². The minimum Gasteiger partial charge on any atom is -0.497 e. The smallest absolute Gasteiger partial charge is 0.255 e. The number of hydrogen-bond acceptors (Lipinski definition) is 5. The van der Waals surface area contributed by atoms with Crippen molar-refractivity contribution in [3.05, 3.63) is 41.3 Å². The van der Waals surface area contributed by atoms with Crippen LogP contribution >= 0.6 is 11.6 Å². The number of benzene rings is 1. The van der Waals surface area contributed by atoms with Crippen molar-refractivity contribution in [3.63, 3.8) is 0 Å². The second kappa shape index (κ2) is 4.97. The Morgan fingerprint density at radius 1 is 1.35 bits per heavy atom. The quantitative estimate of drug-likeness (QED) is 0.751. The Balaban J connectivity index is 2.09. The predicted molar refractivity (Wildman–Crippen MR) is 76.8 cm³/mol. The first-order valence-corrected chi connectivity index (χ1v) is 6.34. The molecular weight excluding hydrogens is 278 g/mol. The molecule has 0 aliphatic rings. The van der Waals surface area contributed by atoms with E-state index in [9.17, 15) is 0 Å². The van der Waals surface area contributed by atoms with Crippen molar-refractivity contribution in [2.45, 2.75) is 6.92 Å². The molecule has 0 saturated heterocycles.